The van der Waals surface area contributed by atoms with E-state index in [9.17, 15) is 17.6 Å². The van der Waals surface area contributed by atoms with Crippen molar-refractivity contribution in [3.05, 3.63) is 59.9 Å². The molecule has 1 aromatic carbocycles. The zero-order valence-electron chi connectivity index (χ0n) is 19.9. The van der Waals surface area contributed by atoms with Crippen LogP contribution >= 0.6 is 0 Å². The third kappa shape index (κ3) is 6.48. The summed E-state index contributed by atoms with van der Waals surface area (Å²) in [5.41, 5.74) is 6.25. The van der Waals surface area contributed by atoms with Crippen molar-refractivity contribution >= 4 is 21.7 Å². The fourth-order valence-electron chi connectivity index (χ4n) is 3.23. The van der Waals surface area contributed by atoms with Crippen LogP contribution in [0.3, 0.4) is 0 Å². The Hall–Kier alpha value is -3.73. The number of nitrogens with one attached hydrogen (secondary N) is 1. The number of hydrogen-bond acceptors (Lipinski definition) is 8. The zero-order valence-corrected chi connectivity index (χ0v) is 20.7. The second-order valence-electron chi connectivity index (χ2n) is 9.02. The molecule has 1 amide bonds. The summed E-state index contributed by atoms with van der Waals surface area (Å²) in [6, 6.07) is 11.2. The summed E-state index contributed by atoms with van der Waals surface area (Å²) in [5.74, 6) is -0.548. The van der Waals surface area contributed by atoms with Gasteiger partial charge in [0, 0.05) is 11.6 Å². The van der Waals surface area contributed by atoms with E-state index in [4.69, 9.17) is 15.2 Å². The lowest BCUT2D eigenvalue weighted by Crippen LogP contribution is -2.31. The highest BCUT2D eigenvalue weighted by Crippen LogP contribution is 2.32. The molecule has 0 unspecified atom stereocenters. The van der Waals surface area contributed by atoms with Crippen LogP contribution in [-0.4, -0.2) is 37.5 Å². The molecular weight excluding hydrogens is 487 g/mol. The zero-order chi connectivity index (χ0) is 25.9. The van der Waals surface area contributed by atoms with Gasteiger partial charge in [-0.1, -0.05) is 19.9 Å². The molecule has 2 aromatic heterocycles. The molecule has 36 heavy (non-hydrogen) atoms. The van der Waals surface area contributed by atoms with Gasteiger partial charge in [-0.25, -0.2) is 19.1 Å². The molecule has 1 aliphatic rings. The van der Waals surface area contributed by atoms with E-state index < -0.39 is 26.8 Å². The average Bonchev–Trinajstić information content (AvgIpc) is 3.65. The number of nitrogen functional groups attached to an aromatic ring is 1. The number of carbonyl (C=O) groups excluding carboxylic acids is 1. The Balaban J connectivity index is 1.64. The van der Waals surface area contributed by atoms with Crippen LogP contribution in [0.4, 0.5) is 10.2 Å². The summed E-state index contributed by atoms with van der Waals surface area (Å²) >= 11 is 0. The fraction of sp³-hybridized carbons (Fsp3) is 0.320. The van der Waals surface area contributed by atoms with Crippen molar-refractivity contribution in [3.8, 4) is 22.9 Å². The number of hydrogen-bond donors (Lipinski definition) is 2. The third-order valence-corrected chi connectivity index (χ3v) is 6.49. The molecule has 190 valence electrons. The van der Waals surface area contributed by atoms with Gasteiger partial charge in [0.05, 0.1) is 18.9 Å². The van der Waals surface area contributed by atoms with Gasteiger partial charge in [-0.3, -0.25) is 4.79 Å². The lowest BCUT2D eigenvalue weighted by molar-refractivity contribution is 0.0976. The molecule has 4 rings (SSSR count). The summed E-state index contributed by atoms with van der Waals surface area (Å²) in [5, 5.41) is -0.394. The van der Waals surface area contributed by atoms with Gasteiger partial charge in [0.25, 0.3) is 15.9 Å². The maximum Gasteiger partial charge on any atom is 0.281 e. The predicted octanol–water partition coefficient (Wildman–Crippen LogP) is 3.81. The molecule has 0 spiro atoms. The van der Waals surface area contributed by atoms with Crippen LogP contribution in [0.15, 0.2) is 53.6 Å². The topological polar surface area (TPSA) is 134 Å². The van der Waals surface area contributed by atoms with E-state index in [1.54, 1.807) is 6.07 Å². The maximum atomic E-state index is 14.3. The minimum absolute atomic E-state index is 0.00312. The van der Waals surface area contributed by atoms with Gasteiger partial charge in [-0.15, -0.1) is 0 Å². The number of nitrogens with two attached hydrogens (primary N) is 1. The number of halogens is 1. The first-order valence-electron chi connectivity index (χ1n) is 11.5. The second kappa shape index (κ2) is 10.5. The summed E-state index contributed by atoms with van der Waals surface area (Å²) in [6.07, 6.45) is 1.99. The molecule has 1 fully saturated rings. The van der Waals surface area contributed by atoms with Gasteiger partial charge in [-0.2, -0.15) is 8.42 Å². The Labute approximate surface area is 208 Å². The molecule has 1 aliphatic carbocycles. The van der Waals surface area contributed by atoms with E-state index in [2.05, 4.69) is 9.97 Å². The van der Waals surface area contributed by atoms with E-state index in [-0.39, 0.29) is 23.2 Å². The van der Waals surface area contributed by atoms with Crippen molar-refractivity contribution in [2.24, 2.45) is 11.8 Å². The van der Waals surface area contributed by atoms with Gasteiger partial charge in [-0.05, 0) is 61.1 Å². The molecular formula is C25H27FN4O5S. The van der Waals surface area contributed by atoms with Crippen LogP contribution in [0, 0.1) is 17.7 Å². The summed E-state index contributed by atoms with van der Waals surface area (Å²) in [4.78, 5) is 21.1. The minimum Gasteiger partial charge on any atom is -0.493 e. The Bertz CT molecular complexity index is 1380. The Morgan fingerprint density at radius 3 is 2.61 bits per heavy atom. The number of benzene rings is 1. The van der Waals surface area contributed by atoms with Crippen LogP contribution < -0.4 is 19.9 Å². The molecule has 1 saturated carbocycles. The number of aromatic nitrogens is 2. The molecule has 3 N–H and O–H groups in total. The summed E-state index contributed by atoms with van der Waals surface area (Å²) in [6.45, 7) is 4.71. The van der Waals surface area contributed by atoms with Gasteiger partial charge in [0.1, 0.15) is 22.9 Å². The second-order valence-corrected chi connectivity index (χ2v) is 10.6. The fourth-order valence-corrected chi connectivity index (χ4v) is 4.17. The quantitative estimate of drug-likeness (QED) is 0.417. The third-order valence-electron chi connectivity index (χ3n) is 5.26. The highest BCUT2D eigenvalue weighted by molar-refractivity contribution is 7.90. The number of rotatable bonds is 10. The lowest BCUT2D eigenvalue weighted by Gasteiger charge is -2.14. The van der Waals surface area contributed by atoms with Gasteiger partial charge in [0.15, 0.2) is 5.03 Å². The number of anilines is 1. The normalized spacial score (nSPS) is 13.4. The largest absolute Gasteiger partial charge is 0.493 e. The number of nitrogens with zero attached hydrogens (tertiary/aromatic N) is 2. The molecule has 0 radical (unpaired) electrons. The van der Waals surface area contributed by atoms with E-state index >= 15 is 0 Å². The van der Waals surface area contributed by atoms with Crippen molar-refractivity contribution in [2.75, 3.05) is 18.9 Å². The van der Waals surface area contributed by atoms with E-state index in [1.165, 1.54) is 42.5 Å². The van der Waals surface area contributed by atoms with E-state index in [1.807, 2.05) is 18.6 Å². The molecule has 3 aromatic rings. The Morgan fingerprint density at radius 1 is 1.14 bits per heavy atom. The molecule has 0 aliphatic heterocycles. The number of sulfonamides is 1. The standard InChI is InChI=1S/C25H27FN4O5S/c1-15(2)13-34-19-11-17(10-18(26)12-19)21-9-8-20(25(28-21)35-14-16-6-7-16)24(31)30-36(32,33)23-5-3-4-22(27)29-23/h3-5,8-12,15-16H,6-7,13-14H2,1-2H3,(H2,27,29)(H,30,31). The SMILES string of the molecule is CC(C)COc1cc(F)cc(-c2ccc(C(=O)NS(=O)(=O)c3cccc(N)n3)c(OCC3CC3)n2)c1. The Morgan fingerprint density at radius 2 is 1.92 bits per heavy atom. The first kappa shape index (κ1) is 25.4. The van der Waals surface area contributed by atoms with Gasteiger partial charge >= 0.3 is 0 Å². The van der Waals surface area contributed by atoms with Crippen molar-refractivity contribution in [1.29, 1.82) is 0 Å². The van der Waals surface area contributed by atoms with Crippen LogP contribution in [0.1, 0.15) is 37.0 Å². The highest BCUT2D eigenvalue weighted by Gasteiger charge is 2.26. The molecule has 2 heterocycles. The van der Waals surface area contributed by atoms with Gasteiger partial charge in [0.2, 0.25) is 5.88 Å². The van der Waals surface area contributed by atoms with Crippen LogP contribution in [-0.2, 0) is 10.0 Å². The van der Waals surface area contributed by atoms with Crippen molar-refractivity contribution < 1.29 is 27.1 Å². The smallest absolute Gasteiger partial charge is 0.281 e. The van der Waals surface area contributed by atoms with Gasteiger partial charge < -0.3 is 15.2 Å². The predicted molar refractivity (Wildman–Crippen MR) is 131 cm³/mol. The molecule has 11 heteroatoms. The first-order chi connectivity index (χ1) is 17.1. The maximum absolute atomic E-state index is 14.3. The van der Waals surface area contributed by atoms with E-state index in [0.717, 1.165) is 12.8 Å². The summed E-state index contributed by atoms with van der Waals surface area (Å²) < 4.78 is 53.0. The number of amides is 1. The van der Waals surface area contributed by atoms with Crippen LogP contribution in [0.2, 0.25) is 0 Å². The van der Waals surface area contributed by atoms with Crippen molar-refractivity contribution in [3.63, 3.8) is 0 Å². The highest BCUT2D eigenvalue weighted by atomic mass is 32.2. The number of pyridine rings is 2. The number of ether oxygens (including phenoxy) is 2. The molecule has 9 nitrogen and oxygen atoms in total. The van der Waals surface area contributed by atoms with Crippen molar-refractivity contribution in [2.45, 2.75) is 31.7 Å². The minimum atomic E-state index is -4.29. The van der Waals surface area contributed by atoms with E-state index in [0.29, 0.717) is 36.1 Å². The molecule has 0 bridgehead atoms. The molecule has 0 atom stereocenters. The average molecular weight is 515 g/mol. The van der Waals surface area contributed by atoms with Crippen LogP contribution in [0.5, 0.6) is 11.6 Å². The lowest BCUT2D eigenvalue weighted by atomic mass is 10.1. The molecule has 0 saturated heterocycles. The summed E-state index contributed by atoms with van der Waals surface area (Å²) in [7, 11) is -4.29. The monoisotopic (exact) mass is 514 g/mol. The Kier molecular flexibility index (Phi) is 7.39. The first-order valence-corrected chi connectivity index (χ1v) is 13.0. The number of carbonyl (C=O) groups is 1. The van der Waals surface area contributed by atoms with Crippen molar-refractivity contribution in [1.82, 2.24) is 14.7 Å². The van der Waals surface area contributed by atoms with Crippen LogP contribution in [0.25, 0.3) is 11.3 Å².